The Kier molecular flexibility index (Phi) is 7.37. The van der Waals surface area contributed by atoms with Gasteiger partial charge in [0.25, 0.3) is 0 Å². The highest BCUT2D eigenvalue weighted by atomic mass is 35.5. The number of hydrogen-bond acceptors (Lipinski definition) is 4. The number of likely N-dealkylation sites (N-methyl/N-ethyl adjacent to an activating group) is 1. The van der Waals surface area contributed by atoms with Gasteiger partial charge in [0.2, 0.25) is 0 Å². The van der Waals surface area contributed by atoms with Crippen LogP contribution in [0.25, 0.3) is 0 Å². The summed E-state index contributed by atoms with van der Waals surface area (Å²) in [5.74, 6) is 1.37. The topological polar surface area (TPSA) is 39.7 Å². The average Bonchev–Trinajstić information content (AvgIpc) is 2.60. The molecule has 0 aliphatic heterocycles. The fourth-order valence-electron chi connectivity index (χ4n) is 2.52. The van der Waals surface area contributed by atoms with E-state index in [1.165, 1.54) is 0 Å². The molecule has 0 bridgehead atoms. The first-order chi connectivity index (χ1) is 11.7. The molecule has 2 aromatic rings. The summed E-state index contributed by atoms with van der Waals surface area (Å²) in [5.41, 5.74) is 0.882. The van der Waals surface area contributed by atoms with Crippen molar-refractivity contribution in [2.75, 3.05) is 27.3 Å². The van der Waals surface area contributed by atoms with Gasteiger partial charge in [-0.3, -0.25) is 0 Å². The number of rotatable bonds is 9. The molecule has 0 aliphatic rings. The molecule has 0 spiro atoms. The summed E-state index contributed by atoms with van der Waals surface area (Å²) in [6, 6.07) is 15.3. The van der Waals surface area contributed by atoms with Crippen LogP contribution in [0.5, 0.6) is 11.5 Å². The summed E-state index contributed by atoms with van der Waals surface area (Å²) in [7, 11) is 3.55. The number of halogens is 1. The van der Waals surface area contributed by atoms with Crippen molar-refractivity contribution in [2.45, 2.75) is 19.1 Å². The van der Waals surface area contributed by atoms with Crippen molar-refractivity contribution in [3.05, 3.63) is 59.1 Å². The van der Waals surface area contributed by atoms with Crippen LogP contribution in [-0.2, 0) is 4.74 Å². The van der Waals surface area contributed by atoms with E-state index >= 15 is 0 Å². The largest absolute Gasteiger partial charge is 0.490 e. The van der Waals surface area contributed by atoms with Gasteiger partial charge in [0, 0.05) is 24.2 Å². The first-order valence-corrected chi connectivity index (χ1v) is 8.39. The predicted molar refractivity (Wildman–Crippen MR) is 97.2 cm³/mol. The Bertz CT molecular complexity index is 636. The molecule has 2 aromatic carbocycles. The molecular weight excluding hydrogens is 326 g/mol. The highest BCUT2D eigenvalue weighted by Gasteiger charge is 2.27. The molecule has 0 saturated heterocycles. The average molecular weight is 350 g/mol. The van der Waals surface area contributed by atoms with Crippen molar-refractivity contribution in [2.24, 2.45) is 0 Å². The van der Waals surface area contributed by atoms with E-state index in [0.29, 0.717) is 29.7 Å². The van der Waals surface area contributed by atoms with E-state index in [9.17, 15) is 0 Å². The van der Waals surface area contributed by atoms with E-state index in [-0.39, 0.29) is 12.2 Å². The van der Waals surface area contributed by atoms with Gasteiger partial charge in [0.1, 0.15) is 6.10 Å². The first kappa shape index (κ1) is 18.6. The number of ether oxygens (including phenoxy) is 3. The fraction of sp³-hybridized carbons (Fsp3) is 0.368. The second-order valence-corrected chi connectivity index (χ2v) is 5.68. The minimum absolute atomic E-state index is 0.204. The highest BCUT2D eigenvalue weighted by Crippen LogP contribution is 2.35. The highest BCUT2D eigenvalue weighted by molar-refractivity contribution is 6.31. The molecule has 24 heavy (non-hydrogen) atoms. The van der Waals surface area contributed by atoms with Gasteiger partial charge in [-0.2, -0.15) is 0 Å². The summed E-state index contributed by atoms with van der Waals surface area (Å²) in [6.45, 7) is 3.14. The molecule has 0 fully saturated rings. The molecule has 0 radical (unpaired) electrons. The number of hydrogen-bond donors (Lipinski definition) is 1. The third kappa shape index (κ3) is 4.63. The van der Waals surface area contributed by atoms with Gasteiger partial charge in [0.15, 0.2) is 17.6 Å². The standard InChI is InChI=1S/C19H24ClNO3/c1-4-23-16-11-7-8-12-17(16)24-19(18(22-3)13-21-2)14-9-5-6-10-15(14)20/h5-12,18-19,21H,4,13H2,1-3H3. The van der Waals surface area contributed by atoms with Crippen LogP contribution in [0.4, 0.5) is 0 Å². The Morgan fingerprint density at radius 2 is 1.71 bits per heavy atom. The normalized spacial score (nSPS) is 13.3. The second-order valence-electron chi connectivity index (χ2n) is 5.27. The zero-order chi connectivity index (χ0) is 17.4. The Labute approximate surface area is 148 Å². The van der Waals surface area contributed by atoms with Crippen molar-refractivity contribution >= 4 is 11.6 Å². The lowest BCUT2D eigenvalue weighted by molar-refractivity contribution is 0.00143. The maximum atomic E-state index is 6.40. The van der Waals surface area contributed by atoms with Gasteiger partial charge in [0.05, 0.1) is 6.61 Å². The molecule has 4 nitrogen and oxygen atoms in total. The van der Waals surface area contributed by atoms with Gasteiger partial charge in [-0.1, -0.05) is 41.9 Å². The molecule has 5 heteroatoms. The predicted octanol–water partition coefficient (Wildman–Crippen LogP) is 4.09. The molecule has 0 aromatic heterocycles. The molecule has 0 saturated carbocycles. The van der Waals surface area contributed by atoms with Crippen LogP contribution >= 0.6 is 11.6 Å². The van der Waals surface area contributed by atoms with Crippen molar-refractivity contribution in [1.82, 2.24) is 5.32 Å². The zero-order valence-electron chi connectivity index (χ0n) is 14.3. The smallest absolute Gasteiger partial charge is 0.162 e. The molecule has 130 valence electrons. The van der Waals surface area contributed by atoms with Crippen LogP contribution in [0, 0.1) is 0 Å². The molecule has 1 N–H and O–H groups in total. The number of para-hydroxylation sites is 2. The van der Waals surface area contributed by atoms with E-state index in [1.807, 2.05) is 62.5 Å². The third-order valence-electron chi connectivity index (χ3n) is 3.66. The molecule has 0 amide bonds. The third-order valence-corrected chi connectivity index (χ3v) is 4.00. The molecule has 2 rings (SSSR count). The quantitative estimate of drug-likeness (QED) is 0.740. The van der Waals surface area contributed by atoms with E-state index in [0.717, 1.165) is 5.56 Å². The Morgan fingerprint density at radius 1 is 1.04 bits per heavy atom. The van der Waals surface area contributed by atoms with E-state index in [2.05, 4.69) is 5.32 Å². The number of nitrogens with one attached hydrogen (secondary N) is 1. The van der Waals surface area contributed by atoms with Crippen molar-refractivity contribution in [3.63, 3.8) is 0 Å². The van der Waals surface area contributed by atoms with Crippen LogP contribution in [0.3, 0.4) is 0 Å². The summed E-state index contributed by atoms with van der Waals surface area (Å²) in [6.07, 6.45) is -0.567. The summed E-state index contributed by atoms with van der Waals surface area (Å²) in [4.78, 5) is 0. The second kappa shape index (κ2) is 9.52. The van der Waals surface area contributed by atoms with Gasteiger partial charge in [-0.25, -0.2) is 0 Å². The van der Waals surface area contributed by atoms with Crippen molar-refractivity contribution in [1.29, 1.82) is 0 Å². The van der Waals surface area contributed by atoms with Crippen molar-refractivity contribution < 1.29 is 14.2 Å². The monoisotopic (exact) mass is 349 g/mol. The lowest BCUT2D eigenvalue weighted by Crippen LogP contribution is -2.34. The van der Waals surface area contributed by atoms with Crippen LogP contribution < -0.4 is 14.8 Å². The Hall–Kier alpha value is -1.75. The van der Waals surface area contributed by atoms with Gasteiger partial charge in [-0.05, 0) is 32.2 Å². The van der Waals surface area contributed by atoms with Crippen molar-refractivity contribution in [3.8, 4) is 11.5 Å². The molecule has 2 atom stereocenters. The van der Waals surface area contributed by atoms with E-state index in [1.54, 1.807) is 7.11 Å². The lowest BCUT2D eigenvalue weighted by atomic mass is 10.0. The lowest BCUT2D eigenvalue weighted by Gasteiger charge is -2.28. The SMILES string of the molecule is CCOc1ccccc1OC(c1ccccc1Cl)C(CNC)OC. The fourth-order valence-corrected chi connectivity index (χ4v) is 2.76. The van der Waals surface area contributed by atoms with Gasteiger partial charge >= 0.3 is 0 Å². The zero-order valence-corrected chi connectivity index (χ0v) is 15.0. The Balaban J connectivity index is 2.38. The Morgan fingerprint density at radius 3 is 2.33 bits per heavy atom. The van der Waals surface area contributed by atoms with Crippen LogP contribution in [0.2, 0.25) is 5.02 Å². The molecular formula is C19H24ClNO3. The number of benzene rings is 2. The van der Waals surface area contributed by atoms with E-state index < -0.39 is 0 Å². The summed E-state index contributed by atoms with van der Waals surface area (Å²) in [5, 5.41) is 3.78. The maximum Gasteiger partial charge on any atom is 0.162 e. The first-order valence-electron chi connectivity index (χ1n) is 8.01. The summed E-state index contributed by atoms with van der Waals surface area (Å²) >= 11 is 6.40. The van der Waals surface area contributed by atoms with Crippen LogP contribution in [0.1, 0.15) is 18.6 Å². The molecule has 0 aliphatic carbocycles. The minimum atomic E-state index is -0.363. The minimum Gasteiger partial charge on any atom is -0.490 e. The summed E-state index contributed by atoms with van der Waals surface area (Å²) < 4.78 is 17.6. The molecule has 2 unspecified atom stereocenters. The van der Waals surface area contributed by atoms with Crippen LogP contribution in [-0.4, -0.2) is 33.4 Å². The van der Waals surface area contributed by atoms with Gasteiger partial charge < -0.3 is 19.5 Å². The maximum absolute atomic E-state index is 6.40. The molecule has 0 heterocycles. The number of methoxy groups -OCH3 is 1. The van der Waals surface area contributed by atoms with Crippen LogP contribution in [0.15, 0.2) is 48.5 Å². The van der Waals surface area contributed by atoms with Gasteiger partial charge in [-0.15, -0.1) is 0 Å². The van der Waals surface area contributed by atoms with E-state index in [4.69, 9.17) is 25.8 Å².